The normalized spacial score (nSPS) is 11.1. The lowest BCUT2D eigenvalue weighted by atomic mass is 10.2. The standard InChI is InChI=1S/C26H22IN3O5/c1-3-34-22-14-17(13-20(27)24(22)35-16-23(31)33-2)15-28-30-25(18-9-5-4-6-10-18)29-21-12-8-7-11-19(21)26(30)32/h4-15H,3,16H2,1-2H3. The maximum Gasteiger partial charge on any atom is 0.343 e. The zero-order valence-electron chi connectivity index (χ0n) is 19.1. The molecule has 4 rings (SSSR count). The fraction of sp³-hybridized carbons (Fsp3) is 0.154. The second-order valence-corrected chi connectivity index (χ2v) is 8.47. The lowest BCUT2D eigenvalue weighted by Crippen LogP contribution is -2.20. The lowest BCUT2D eigenvalue weighted by molar-refractivity contribution is -0.142. The number of methoxy groups -OCH3 is 1. The van der Waals surface area contributed by atoms with Gasteiger partial charge in [0.1, 0.15) is 0 Å². The van der Waals surface area contributed by atoms with Crippen LogP contribution in [0.2, 0.25) is 0 Å². The van der Waals surface area contributed by atoms with Gasteiger partial charge in [-0.1, -0.05) is 42.5 Å². The minimum Gasteiger partial charge on any atom is -0.490 e. The highest BCUT2D eigenvalue weighted by Crippen LogP contribution is 2.34. The Labute approximate surface area is 215 Å². The van der Waals surface area contributed by atoms with Gasteiger partial charge in [-0.05, 0) is 59.3 Å². The third-order valence-electron chi connectivity index (χ3n) is 5.00. The molecule has 0 saturated carbocycles. The summed E-state index contributed by atoms with van der Waals surface area (Å²) >= 11 is 2.10. The second-order valence-electron chi connectivity index (χ2n) is 7.31. The lowest BCUT2D eigenvalue weighted by Gasteiger charge is -2.14. The van der Waals surface area contributed by atoms with Crippen LogP contribution in [0.15, 0.2) is 76.6 Å². The third kappa shape index (κ3) is 5.51. The molecule has 0 aliphatic carbocycles. The molecule has 0 unspecified atom stereocenters. The van der Waals surface area contributed by atoms with Gasteiger partial charge in [0.25, 0.3) is 5.56 Å². The first-order valence-electron chi connectivity index (χ1n) is 10.8. The molecule has 0 fully saturated rings. The number of carbonyl (C=O) groups is 1. The smallest absolute Gasteiger partial charge is 0.343 e. The van der Waals surface area contributed by atoms with E-state index in [1.807, 2.05) is 49.4 Å². The maximum absolute atomic E-state index is 13.3. The minimum atomic E-state index is -0.495. The van der Waals surface area contributed by atoms with Crippen LogP contribution in [0.5, 0.6) is 11.5 Å². The number of halogens is 1. The van der Waals surface area contributed by atoms with E-state index in [1.54, 1.807) is 30.5 Å². The van der Waals surface area contributed by atoms with Gasteiger partial charge in [-0.3, -0.25) is 4.79 Å². The average molecular weight is 583 g/mol. The molecule has 4 aromatic rings. The van der Waals surface area contributed by atoms with Crippen LogP contribution in [-0.2, 0) is 9.53 Å². The molecule has 8 nitrogen and oxygen atoms in total. The summed E-state index contributed by atoms with van der Waals surface area (Å²) in [6.45, 7) is 2.01. The van der Waals surface area contributed by atoms with Crippen LogP contribution in [0.3, 0.4) is 0 Å². The Kier molecular flexibility index (Phi) is 7.76. The van der Waals surface area contributed by atoms with Crippen LogP contribution in [0.1, 0.15) is 12.5 Å². The van der Waals surface area contributed by atoms with Crippen molar-refractivity contribution >= 4 is 45.7 Å². The zero-order valence-corrected chi connectivity index (χ0v) is 21.3. The van der Waals surface area contributed by atoms with E-state index in [2.05, 4.69) is 32.4 Å². The largest absolute Gasteiger partial charge is 0.490 e. The second kappa shape index (κ2) is 11.1. The summed E-state index contributed by atoms with van der Waals surface area (Å²) in [5.41, 5.74) is 1.78. The van der Waals surface area contributed by atoms with Gasteiger partial charge in [0.2, 0.25) is 0 Å². The molecule has 35 heavy (non-hydrogen) atoms. The molecule has 0 aliphatic rings. The predicted octanol–water partition coefficient (Wildman–Crippen LogP) is 4.50. The van der Waals surface area contributed by atoms with Crippen molar-refractivity contribution in [1.82, 2.24) is 9.66 Å². The summed E-state index contributed by atoms with van der Waals surface area (Å²) in [6.07, 6.45) is 1.57. The van der Waals surface area contributed by atoms with Crippen LogP contribution >= 0.6 is 22.6 Å². The Hall–Kier alpha value is -3.73. The fourth-order valence-corrected chi connectivity index (χ4v) is 4.17. The van der Waals surface area contributed by atoms with E-state index in [-0.39, 0.29) is 12.2 Å². The number of carbonyl (C=O) groups excluding carboxylic acids is 1. The first-order valence-corrected chi connectivity index (χ1v) is 11.9. The molecule has 1 aromatic heterocycles. The first-order chi connectivity index (χ1) is 17.0. The van der Waals surface area contributed by atoms with Gasteiger partial charge in [0, 0.05) is 5.56 Å². The number of hydrogen-bond acceptors (Lipinski definition) is 7. The molecule has 0 spiro atoms. The molecule has 0 atom stereocenters. The van der Waals surface area contributed by atoms with Crippen molar-refractivity contribution in [1.29, 1.82) is 0 Å². The number of benzene rings is 3. The van der Waals surface area contributed by atoms with E-state index >= 15 is 0 Å². The Morgan fingerprint density at radius 2 is 1.83 bits per heavy atom. The predicted molar refractivity (Wildman–Crippen MR) is 142 cm³/mol. The van der Waals surface area contributed by atoms with E-state index in [0.717, 1.165) is 5.56 Å². The molecule has 9 heteroatoms. The van der Waals surface area contributed by atoms with Crippen molar-refractivity contribution in [3.05, 3.63) is 86.2 Å². The number of ether oxygens (including phenoxy) is 3. The maximum atomic E-state index is 13.3. The molecule has 0 radical (unpaired) electrons. The van der Waals surface area contributed by atoms with Crippen molar-refractivity contribution in [3.8, 4) is 22.9 Å². The van der Waals surface area contributed by atoms with Crippen LogP contribution < -0.4 is 15.0 Å². The quantitative estimate of drug-likeness (QED) is 0.172. The van der Waals surface area contributed by atoms with Gasteiger partial charge in [0.05, 0.1) is 34.4 Å². The molecular formula is C26H22IN3O5. The van der Waals surface area contributed by atoms with Gasteiger partial charge in [-0.2, -0.15) is 9.78 Å². The van der Waals surface area contributed by atoms with Gasteiger partial charge in [-0.25, -0.2) is 9.78 Å². The van der Waals surface area contributed by atoms with Crippen molar-refractivity contribution in [3.63, 3.8) is 0 Å². The Morgan fingerprint density at radius 3 is 2.57 bits per heavy atom. The number of aromatic nitrogens is 2. The molecule has 0 amide bonds. The van der Waals surface area contributed by atoms with Crippen LogP contribution in [0.4, 0.5) is 0 Å². The molecule has 0 N–H and O–H groups in total. The van der Waals surface area contributed by atoms with Crippen LogP contribution in [0, 0.1) is 3.57 Å². The Morgan fingerprint density at radius 1 is 1.09 bits per heavy atom. The highest BCUT2D eigenvalue weighted by molar-refractivity contribution is 14.1. The number of para-hydroxylation sites is 1. The minimum absolute atomic E-state index is 0.237. The Bertz CT molecular complexity index is 1450. The topological polar surface area (TPSA) is 92.0 Å². The molecule has 0 bridgehead atoms. The van der Waals surface area contributed by atoms with Crippen molar-refractivity contribution in [2.45, 2.75) is 6.92 Å². The summed E-state index contributed by atoms with van der Waals surface area (Å²) in [7, 11) is 1.30. The van der Waals surface area contributed by atoms with Gasteiger partial charge >= 0.3 is 5.97 Å². The monoisotopic (exact) mass is 583 g/mol. The summed E-state index contributed by atoms with van der Waals surface area (Å²) in [5, 5.41) is 4.98. The number of hydrogen-bond donors (Lipinski definition) is 0. The summed E-state index contributed by atoms with van der Waals surface area (Å²) in [6, 6.07) is 20.2. The number of nitrogens with zero attached hydrogens (tertiary/aromatic N) is 3. The summed E-state index contributed by atoms with van der Waals surface area (Å²) in [4.78, 5) is 29.6. The fourth-order valence-electron chi connectivity index (χ4n) is 3.38. The number of fused-ring (bicyclic) bond motifs is 1. The van der Waals surface area contributed by atoms with Crippen molar-refractivity contribution in [2.75, 3.05) is 20.3 Å². The van der Waals surface area contributed by atoms with Gasteiger partial charge < -0.3 is 14.2 Å². The van der Waals surface area contributed by atoms with E-state index < -0.39 is 5.97 Å². The summed E-state index contributed by atoms with van der Waals surface area (Å²) < 4.78 is 18.0. The molecule has 3 aromatic carbocycles. The van der Waals surface area contributed by atoms with Crippen LogP contribution in [0.25, 0.3) is 22.3 Å². The van der Waals surface area contributed by atoms with E-state index in [1.165, 1.54) is 11.8 Å². The molecule has 0 saturated heterocycles. The molecule has 1 heterocycles. The highest BCUT2D eigenvalue weighted by atomic mass is 127. The van der Waals surface area contributed by atoms with Crippen LogP contribution in [-0.4, -0.2) is 42.2 Å². The molecule has 0 aliphatic heterocycles. The number of rotatable bonds is 8. The van der Waals surface area contributed by atoms with E-state index in [0.29, 0.717) is 44.0 Å². The Balaban J connectivity index is 1.79. The van der Waals surface area contributed by atoms with E-state index in [4.69, 9.17) is 14.5 Å². The molecule has 178 valence electrons. The highest BCUT2D eigenvalue weighted by Gasteiger charge is 2.15. The van der Waals surface area contributed by atoms with Gasteiger partial charge in [0.15, 0.2) is 23.9 Å². The SMILES string of the molecule is CCOc1cc(C=Nn2c(-c3ccccc3)nc3ccccc3c2=O)cc(I)c1OCC(=O)OC. The average Bonchev–Trinajstić information content (AvgIpc) is 2.88. The van der Waals surface area contributed by atoms with Crippen molar-refractivity contribution < 1.29 is 19.0 Å². The van der Waals surface area contributed by atoms with Gasteiger partial charge in [-0.15, -0.1) is 0 Å². The zero-order chi connectivity index (χ0) is 24.8. The summed E-state index contributed by atoms with van der Waals surface area (Å²) in [5.74, 6) is 0.829. The van der Waals surface area contributed by atoms with Crippen molar-refractivity contribution in [2.24, 2.45) is 5.10 Å². The van der Waals surface area contributed by atoms with E-state index in [9.17, 15) is 9.59 Å². The first kappa shape index (κ1) is 24.4. The number of esters is 1. The third-order valence-corrected chi connectivity index (χ3v) is 5.80. The molecular weight excluding hydrogens is 561 g/mol.